The number of nitrogen functional groups attached to an aromatic ring is 1. The van der Waals surface area contributed by atoms with Gasteiger partial charge in [-0.25, -0.2) is 14.6 Å². The minimum absolute atomic E-state index is 0.0895. The Morgan fingerprint density at radius 1 is 1.29 bits per heavy atom. The number of aliphatic hydroxyl groups excluding tert-OH is 1. The first-order chi connectivity index (χ1) is 19.6. The van der Waals surface area contributed by atoms with Crippen LogP contribution in [0.25, 0.3) is 11.2 Å². The van der Waals surface area contributed by atoms with Crippen LogP contribution in [0, 0.1) is 5.41 Å². The molecule has 0 amide bonds. The topological polar surface area (TPSA) is 205 Å². The van der Waals surface area contributed by atoms with E-state index in [-0.39, 0.29) is 35.0 Å². The lowest BCUT2D eigenvalue weighted by Gasteiger charge is -2.28. The lowest BCUT2D eigenvalue weighted by atomic mass is 9.96. The quantitative estimate of drug-likeness (QED) is 0.157. The van der Waals surface area contributed by atoms with Gasteiger partial charge in [-0.15, -0.1) is 0 Å². The third-order valence-corrected chi connectivity index (χ3v) is 8.24. The van der Waals surface area contributed by atoms with Crippen molar-refractivity contribution in [2.24, 2.45) is 5.41 Å². The van der Waals surface area contributed by atoms with E-state index in [2.05, 4.69) is 25.1 Å². The molecule has 1 aliphatic heterocycles. The fourth-order valence-electron chi connectivity index (χ4n) is 4.28. The van der Waals surface area contributed by atoms with Crippen molar-refractivity contribution >= 4 is 36.4 Å². The Labute approximate surface area is 243 Å². The van der Waals surface area contributed by atoms with Gasteiger partial charge in [-0.05, 0) is 31.4 Å². The Balaban J connectivity index is 1.54. The van der Waals surface area contributed by atoms with Crippen LogP contribution in [0.15, 0.2) is 36.7 Å². The maximum atomic E-state index is 14.0. The molecule has 3 heterocycles. The molecule has 1 aromatic carbocycles. The number of aromatic nitrogens is 4. The molecule has 4 rings (SSSR count). The second-order valence-corrected chi connectivity index (χ2v) is 13.3. The first-order valence-electron chi connectivity index (χ1n) is 13.3. The summed E-state index contributed by atoms with van der Waals surface area (Å²) in [4.78, 5) is 25.1. The van der Waals surface area contributed by atoms with Crippen molar-refractivity contribution in [2.45, 2.75) is 64.7 Å². The number of hydrogen-bond donors (Lipinski definition) is 5. The average Bonchev–Trinajstić information content (AvgIpc) is 3.43. The molecule has 1 saturated heterocycles. The lowest BCUT2D eigenvalue weighted by Crippen LogP contribution is -2.44. The van der Waals surface area contributed by atoms with Crippen LogP contribution >= 0.6 is 7.67 Å². The number of methoxy groups -OCH3 is 1. The molecule has 0 radical (unpaired) electrons. The minimum atomic E-state index is -4.02. The Bertz CT molecular complexity index is 1450. The van der Waals surface area contributed by atoms with E-state index in [0.29, 0.717) is 5.69 Å². The van der Waals surface area contributed by atoms with E-state index >= 15 is 0 Å². The zero-order valence-electron chi connectivity index (χ0n) is 24.3. The van der Waals surface area contributed by atoms with Gasteiger partial charge in [0.1, 0.15) is 23.9 Å². The molecule has 15 nitrogen and oxygen atoms in total. The van der Waals surface area contributed by atoms with Crippen LogP contribution in [-0.2, 0) is 23.4 Å². The van der Waals surface area contributed by atoms with E-state index in [0.717, 1.165) is 0 Å². The molecule has 3 aromatic rings. The number of nitrogens with two attached hydrogens (primary N) is 1. The summed E-state index contributed by atoms with van der Waals surface area (Å²) in [7, 11) is -2.62. The molecule has 42 heavy (non-hydrogen) atoms. The lowest BCUT2D eigenvalue weighted by molar-refractivity contribution is -0.148. The summed E-state index contributed by atoms with van der Waals surface area (Å²) in [5, 5.41) is 27.8. The predicted octanol–water partition coefficient (Wildman–Crippen LogP) is 2.23. The normalized spacial score (nSPS) is 24.7. The monoisotopic (exact) mass is 607 g/mol. The van der Waals surface area contributed by atoms with Crippen molar-refractivity contribution in [3.8, 4) is 5.88 Å². The number of fused-ring (bicyclic) bond motifs is 1. The summed E-state index contributed by atoms with van der Waals surface area (Å²) in [6, 6.07) is 7.59. The van der Waals surface area contributed by atoms with Gasteiger partial charge in [0.25, 0.3) is 0 Å². The highest BCUT2D eigenvalue weighted by molar-refractivity contribution is 7.58. The molecule has 0 saturated carbocycles. The first-order valence-corrected chi connectivity index (χ1v) is 14.9. The number of esters is 1. The van der Waals surface area contributed by atoms with Crippen LogP contribution in [0.5, 0.6) is 5.88 Å². The van der Waals surface area contributed by atoms with E-state index < -0.39 is 50.3 Å². The molecule has 0 aliphatic carbocycles. The SMILES string of the molecule is COc1nc(N)nc2c1ncn2[C@@H]1O[C@H](COP(=O)(Nc2ccccc2)N[C@@H](C)C(=O)OCC(C)(C)C)[C@@H](O)[C@@]1(C)O. The standard InChI is InChI=1S/C26H38N7O8P/c1-15(22(35)39-13-25(2,3)4)31-42(37,32-16-10-8-7-9-11-16)40-12-17-19(34)26(5,36)23(41-17)33-14-28-18-20(33)29-24(27)30-21(18)38-6/h7-11,14-15,17,19,23,34,36H,12-13H2,1-6H3,(H2,27,29,30)(H2,31,32,37)/t15-,17+,19+,23+,26+,42?/m0/s1. The van der Waals surface area contributed by atoms with E-state index in [9.17, 15) is 19.6 Å². The van der Waals surface area contributed by atoms with E-state index in [1.807, 2.05) is 20.8 Å². The van der Waals surface area contributed by atoms with E-state index in [4.69, 9.17) is 24.5 Å². The van der Waals surface area contributed by atoms with Gasteiger partial charge in [-0.1, -0.05) is 39.0 Å². The van der Waals surface area contributed by atoms with Gasteiger partial charge in [-0.2, -0.15) is 9.97 Å². The summed E-state index contributed by atoms with van der Waals surface area (Å²) in [5.74, 6) is -0.579. The van der Waals surface area contributed by atoms with Crippen LogP contribution in [-0.4, -0.2) is 79.9 Å². The molecule has 1 fully saturated rings. The number of anilines is 2. The Kier molecular flexibility index (Phi) is 9.11. The molecular weight excluding hydrogens is 569 g/mol. The number of nitrogens with zero attached hydrogens (tertiary/aromatic N) is 4. The molecule has 230 valence electrons. The van der Waals surface area contributed by atoms with Crippen molar-refractivity contribution in [1.82, 2.24) is 24.6 Å². The largest absolute Gasteiger partial charge is 0.479 e. The number of nitrogens with one attached hydrogen (secondary N) is 2. The third kappa shape index (κ3) is 7.00. The molecule has 0 bridgehead atoms. The molecule has 1 unspecified atom stereocenters. The maximum Gasteiger partial charge on any atom is 0.366 e. The summed E-state index contributed by atoms with van der Waals surface area (Å²) in [6.07, 6.45) is -2.48. The van der Waals surface area contributed by atoms with Crippen LogP contribution in [0.4, 0.5) is 11.6 Å². The maximum absolute atomic E-state index is 14.0. The van der Waals surface area contributed by atoms with Gasteiger partial charge in [0, 0.05) is 5.69 Å². The number of benzene rings is 1. The van der Waals surface area contributed by atoms with Gasteiger partial charge < -0.3 is 35.2 Å². The van der Waals surface area contributed by atoms with Gasteiger partial charge in [0.15, 0.2) is 17.4 Å². The van der Waals surface area contributed by atoms with Gasteiger partial charge in [-0.3, -0.25) is 13.9 Å². The number of hydrogen-bond acceptors (Lipinski definition) is 12. The first kappa shape index (κ1) is 31.6. The number of imidazole rings is 1. The van der Waals surface area contributed by atoms with Crippen molar-refractivity contribution in [3.05, 3.63) is 36.7 Å². The molecule has 2 aromatic heterocycles. The van der Waals surface area contributed by atoms with Crippen LogP contribution in [0.3, 0.4) is 0 Å². The number of para-hydroxylation sites is 1. The average molecular weight is 608 g/mol. The second-order valence-electron chi connectivity index (χ2n) is 11.5. The number of carbonyl (C=O) groups is 1. The molecule has 6 atom stereocenters. The molecule has 6 N–H and O–H groups in total. The summed E-state index contributed by atoms with van der Waals surface area (Å²) in [5.41, 5.74) is 4.63. The van der Waals surface area contributed by atoms with Crippen LogP contribution in [0.1, 0.15) is 40.8 Å². The predicted molar refractivity (Wildman–Crippen MR) is 153 cm³/mol. The van der Waals surface area contributed by atoms with Crippen molar-refractivity contribution in [3.63, 3.8) is 0 Å². The highest BCUT2D eigenvalue weighted by Gasteiger charge is 2.54. The van der Waals surface area contributed by atoms with Crippen molar-refractivity contribution < 1.29 is 38.3 Å². The van der Waals surface area contributed by atoms with Crippen LogP contribution in [0.2, 0.25) is 0 Å². The minimum Gasteiger partial charge on any atom is -0.479 e. The Hall–Kier alpha value is -3.33. The van der Waals surface area contributed by atoms with E-state index in [1.54, 1.807) is 30.3 Å². The van der Waals surface area contributed by atoms with Gasteiger partial charge in [0.05, 0.1) is 26.7 Å². The van der Waals surface area contributed by atoms with Crippen LogP contribution < -0.4 is 20.6 Å². The molecule has 16 heteroatoms. The summed E-state index contributed by atoms with van der Waals surface area (Å²) >= 11 is 0. The highest BCUT2D eigenvalue weighted by atomic mass is 31.2. The third-order valence-electron chi connectivity index (χ3n) is 6.44. The van der Waals surface area contributed by atoms with Crippen molar-refractivity contribution in [2.75, 3.05) is 31.1 Å². The molecule has 0 spiro atoms. The fourth-order valence-corrected chi connectivity index (χ4v) is 5.95. The summed E-state index contributed by atoms with van der Waals surface area (Å²) in [6.45, 7) is 8.37. The van der Waals surface area contributed by atoms with Crippen molar-refractivity contribution in [1.29, 1.82) is 0 Å². The molecule has 1 aliphatic rings. The van der Waals surface area contributed by atoms with E-state index in [1.165, 1.54) is 31.9 Å². The number of rotatable bonds is 11. The fraction of sp³-hybridized carbons (Fsp3) is 0.538. The Morgan fingerprint density at radius 3 is 2.62 bits per heavy atom. The zero-order valence-corrected chi connectivity index (χ0v) is 25.2. The van der Waals surface area contributed by atoms with Gasteiger partial charge in [0.2, 0.25) is 11.8 Å². The second kappa shape index (κ2) is 12.1. The van der Waals surface area contributed by atoms with Gasteiger partial charge >= 0.3 is 13.6 Å². The number of carbonyl (C=O) groups excluding carboxylic acids is 1. The number of aliphatic hydroxyl groups is 2. The zero-order chi connectivity index (χ0) is 30.9. The Morgan fingerprint density at radius 2 is 1.98 bits per heavy atom. The smallest absolute Gasteiger partial charge is 0.366 e. The summed E-state index contributed by atoms with van der Waals surface area (Å²) < 4.78 is 37.8. The molecular formula is C26H38N7O8P. The number of ether oxygens (including phenoxy) is 3. The highest BCUT2D eigenvalue weighted by Crippen LogP contribution is 2.46.